The summed E-state index contributed by atoms with van der Waals surface area (Å²) in [4.78, 5) is 11.8. The Bertz CT molecular complexity index is 440. The molecular weight excluding hydrogens is 292 g/mol. The number of nitrogens with one attached hydrogen (secondary N) is 3. The number of phenols is 1. The van der Waals surface area contributed by atoms with Crippen LogP contribution in [0.5, 0.6) is 5.75 Å². The summed E-state index contributed by atoms with van der Waals surface area (Å²) < 4.78 is 0. The molecule has 1 rings (SSSR count). The van der Waals surface area contributed by atoms with Gasteiger partial charge < -0.3 is 26.8 Å². The van der Waals surface area contributed by atoms with Gasteiger partial charge in [0.15, 0.2) is 0 Å². The number of benzene rings is 1. The molecule has 0 atom stereocenters. The molecule has 0 saturated heterocycles. The Morgan fingerprint density at radius 3 is 2.26 bits per heavy atom. The number of nitrogens with two attached hydrogens (primary N) is 1. The van der Waals surface area contributed by atoms with Crippen molar-refractivity contribution in [3.8, 4) is 5.75 Å². The number of hydrogen-bond donors (Lipinski definition) is 5. The highest BCUT2D eigenvalue weighted by molar-refractivity contribution is 5.94. The van der Waals surface area contributed by atoms with Gasteiger partial charge in [-0.25, -0.2) is 0 Å². The molecule has 0 aliphatic rings. The molecule has 0 aliphatic heterocycles. The first-order chi connectivity index (χ1) is 11.2. The summed E-state index contributed by atoms with van der Waals surface area (Å²) in [6, 6.07) is 6.37. The lowest BCUT2D eigenvalue weighted by Gasteiger charge is -2.07. The minimum absolute atomic E-state index is 0.108. The lowest BCUT2D eigenvalue weighted by atomic mass is 10.2. The van der Waals surface area contributed by atoms with Crippen molar-refractivity contribution in [3.05, 3.63) is 29.8 Å². The van der Waals surface area contributed by atoms with Gasteiger partial charge in [-0.3, -0.25) is 4.79 Å². The molecule has 0 aromatic heterocycles. The van der Waals surface area contributed by atoms with Gasteiger partial charge in [-0.2, -0.15) is 0 Å². The van der Waals surface area contributed by atoms with Gasteiger partial charge in [0, 0.05) is 12.1 Å². The molecule has 23 heavy (non-hydrogen) atoms. The zero-order chi connectivity index (χ0) is 16.8. The van der Waals surface area contributed by atoms with Crippen molar-refractivity contribution in [2.45, 2.75) is 25.7 Å². The Morgan fingerprint density at radius 1 is 0.957 bits per heavy atom. The van der Waals surface area contributed by atoms with Crippen LogP contribution in [0.25, 0.3) is 0 Å². The van der Waals surface area contributed by atoms with Crippen molar-refractivity contribution >= 4 is 5.91 Å². The van der Waals surface area contributed by atoms with E-state index in [1.165, 1.54) is 6.07 Å². The molecule has 0 fully saturated rings. The monoisotopic (exact) mass is 322 g/mol. The maximum Gasteiger partial charge on any atom is 0.251 e. The average molecular weight is 322 g/mol. The van der Waals surface area contributed by atoms with E-state index in [1.807, 2.05) is 0 Å². The van der Waals surface area contributed by atoms with Crippen molar-refractivity contribution in [2.75, 3.05) is 39.3 Å². The van der Waals surface area contributed by atoms with Crippen molar-refractivity contribution in [3.63, 3.8) is 0 Å². The predicted molar refractivity (Wildman–Crippen MR) is 93.7 cm³/mol. The molecule has 0 unspecified atom stereocenters. The molecule has 6 N–H and O–H groups in total. The van der Waals surface area contributed by atoms with Crippen LogP contribution in [0, 0.1) is 0 Å². The van der Waals surface area contributed by atoms with E-state index in [4.69, 9.17) is 5.73 Å². The van der Waals surface area contributed by atoms with Gasteiger partial charge in [0.2, 0.25) is 0 Å². The molecule has 1 amide bonds. The maximum atomic E-state index is 11.8. The van der Waals surface area contributed by atoms with E-state index in [-0.39, 0.29) is 11.7 Å². The second-order valence-corrected chi connectivity index (χ2v) is 5.51. The van der Waals surface area contributed by atoms with Crippen molar-refractivity contribution in [2.24, 2.45) is 5.73 Å². The number of carbonyl (C=O) groups excluding carboxylic acids is 1. The van der Waals surface area contributed by atoms with Crippen LogP contribution in [0.3, 0.4) is 0 Å². The summed E-state index contributed by atoms with van der Waals surface area (Å²) in [6.07, 6.45) is 4.23. The largest absolute Gasteiger partial charge is 0.508 e. The fraction of sp³-hybridized carbons (Fsp3) is 0.588. The summed E-state index contributed by atoms with van der Waals surface area (Å²) >= 11 is 0. The Balaban J connectivity index is 1.91. The Morgan fingerprint density at radius 2 is 1.61 bits per heavy atom. The van der Waals surface area contributed by atoms with Crippen LogP contribution in [0.4, 0.5) is 0 Å². The molecule has 0 spiro atoms. The summed E-state index contributed by atoms with van der Waals surface area (Å²) in [5, 5.41) is 18.9. The summed E-state index contributed by atoms with van der Waals surface area (Å²) in [7, 11) is 0. The number of amides is 1. The van der Waals surface area contributed by atoms with E-state index in [1.54, 1.807) is 18.2 Å². The highest BCUT2D eigenvalue weighted by atomic mass is 16.3. The number of hydrogen-bond acceptors (Lipinski definition) is 5. The van der Waals surface area contributed by atoms with Crippen LogP contribution in [-0.4, -0.2) is 50.3 Å². The van der Waals surface area contributed by atoms with Crippen molar-refractivity contribution in [1.29, 1.82) is 0 Å². The molecular formula is C17H30N4O2. The third-order valence-electron chi connectivity index (χ3n) is 3.44. The smallest absolute Gasteiger partial charge is 0.251 e. The number of phenolic OH excluding ortho intramolecular Hbond substituents is 1. The molecule has 0 radical (unpaired) electrons. The molecule has 0 saturated carbocycles. The average Bonchev–Trinajstić information content (AvgIpc) is 2.55. The summed E-state index contributed by atoms with van der Waals surface area (Å²) in [5.41, 5.74) is 5.91. The molecule has 130 valence electrons. The lowest BCUT2D eigenvalue weighted by molar-refractivity contribution is 0.0953. The number of unbranched alkanes of at least 4 members (excludes halogenated alkanes) is 1. The number of carbonyl (C=O) groups is 1. The highest BCUT2D eigenvalue weighted by Gasteiger charge is 2.04. The number of aromatic hydroxyl groups is 1. The molecule has 1 aromatic rings. The fourth-order valence-electron chi connectivity index (χ4n) is 2.14. The van der Waals surface area contributed by atoms with Crippen molar-refractivity contribution in [1.82, 2.24) is 16.0 Å². The third kappa shape index (κ3) is 9.89. The van der Waals surface area contributed by atoms with Crippen LogP contribution >= 0.6 is 0 Å². The first-order valence-corrected chi connectivity index (χ1v) is 8.43. The van der Waals surface area contributed by atoms with E-state index in [2.05, 4.69) is 16.0 Å². The van der Waals surface area contributed by atoms with Gasteiger partial charge in [-0.15, -0.1) is 0 Å². The van der Waals surface area contributed by atoms with E-state index < -0.39 is 0 Å². The minimum atomic E-state index is -0.149. The van der Waals surface area contributed by atoms with Gasteiger partial charge in [0.05, 0.1) is 0 Å². The van der Waals surface area contributed by atoms with Crippen LogP contribution in [0.15, 0.2) is 24.3 Å². The van der Waals surface area contributed by atoms with Crippen molar-refractivity contribution < 1.29 is 9.90 Å². The molecule has 6 heteroatoms. The lowest BCUT2D eigenvalue weighted by Crippen LogP contribution is -2.27. The molecule has 0 bridgehead atoms. The standard InChI is InChI=1S/C17H30N4O2/c18-8-4-11-19-9-1-2-10-20-12-5-13-21-17(23)15-6-3-7-16(22)14-15/h3,6-7,14,19-20,22H,1-2,4-5,8-13,18H2,(H,21,23). The second-order valence-electron chi connectivity index (χ2n) is 5.51. The molecule has 6 nitrogen and oxygen atoms in total. The Labute approximate surface area is 138 Å². The quantitative estimate of drug-likeness (QED) is 0.346. The first kappa shape index (κ1) is 19.4. The normalized spacial score (nSPS) is 10.7. The molecule has 1 aromatic carbocycles. The van der Waals surface area contributed by atoms with E-state index in [9.17, 15) is 9.90 Å². The Hall–Kier alpha value is -1.63. The summed E-state index contributed by atoms with van der Waals surface area (Å²) in [5.74, 6) is -0.0405. The molecule has 0 aliphatic carbocycles. The van der Waals surface area contributed by atoms with Gasteiger partial charge in [0.1, 0.15) is 5.75 Å². The zero-order valence-corrected chi connectivity index (χ0v) is 13.8. The SMILES string of the molecule is NCCCNCCCCNCCCNC(=O)c1cccc(O)c1. The van der Waals surface area contributed by atoms with E-state index in [0.29, 0.717) is 12.1 Å². The Kier molecular flexibility index (Phi) is 10.9. The van der Waals surface area contributed by atoms with Crippen LogP contribution in [0.2, 0.25) is 0 Å². The van der Waals surface area contributed by atoms with E-state index >= 15 is 0 Å². The van der Waals surface area contributed by atoms with Gasteiger partial charge >= 0.3 is 0 Å². The van der Waals surface area contributed by atoms with Gasteiger partial charge in [-0.1, -0.05) is 6.07 Å². The fourth-order valence-corrected chi connectivity index (χ4v) is 2.14. The molecule has 0 heterocycles. The number of rotatable bonds is 13. The maximum absolute atomic E-state index is 11.8. The van der Waals surface area contributed by atoms with Crippen LogP contribution < -0.4 is 21.7 Å². The van der Waals surface area contributed by atoms with Gasteiger partial charge in [-0.05, 0) is 76.6 Å². The van der Waals surface area contributed by atoms with Crippen LogP contribution in [0.1, 0.15) is 36.0 Å². The van der Waals surface area contributed by atoms with E-state index in [0.717, 1.165) is 58.4 Å². The summed E-state index contributed by atoms with van der Waals surface area (Å²) in [6.45, 7) is 5.31. The van der Waals surface area contributed by atoms with Gasteiger partial charge in [0.25, 0.3) is 5.91 Å². The highest BCUT2D eigenvalue weighted by Crippen LogP contribution is 2.10. The minimum Gasteiger partial charge on any atom is -0.508 e. The third-order valence-corrected chi connectivity index (χ3v) is 3.44. The zero-order valence-electron chi connectivity index (χ0n) is 13.8. The first-order valence-electron chi connectivity index (χ1n) is 8.43. The van der Waals surface area contributed by atoms with Crippen LogP contribution in [-0.2, 0) is 0 Å². The topological polar surface area (TPSA) is 99.4 Å². The predicted octanol–water partition coefficient (Wildman–Crippen LogP) is 0.820. The second kappa shape index (κ2) is 12.9.